The monoisotopic (exact) mass is 444 g/mol. The molecule has 5 heteroatoms. The molecule has 1 aliphatic carbocycles. The van der Waals surface area contributed by atoms with Crippen molar-refractivity contribution >= 4 is 29.9 Å². The Morgan fingerprint density at radius 2 is 1.92 bits per heavy atom. The van der Waals surface area contributed by atoms with Crippen molar-refractivity contribution in [3.63, 3.8) is 0 Å². The van der Waals surface area contributed by atoms with Gasteiger partial charge in [-0.05, 0) is 45.2 Å². The molecule has 136 valence electrons. The van der Waals surface area contributed by atoms with E-state index >= 15 is 0 Å². The number of guanidine groups is 1. The van der Waals surface area contributed by atoms with Crippen LogP contribution in [0.5, 0.6) is 0 Å². The van der Waals surface area contributed by atoms with Gasteiger partial charge in [-0.2, -0.15) is 0 Å². The summed E-state index contributed by atoms with van der Waals surface area (Å²) in [4.78, 5) is 6.81. The highest BCUT2D eigenvalue weighted by Gasteiger charge is 2.28. The molecular weight excluding hydrogens is 411 g/mol. The molecule has 0 aliphatic heterocycles. The van der Waals surface area contributed by atoms with E-state index in [2.05, 4.69) is 72.6 Å². The molecule has 0 amide bonds. The maximum Gasteiger partial charge on any atom is 0.191 e. The molecule has 1 aliphatic rings. The zero-order valence-corrected chi connectivity index (χ0v) is 18.0. The molecule has 2 N–H and O–H groups in total. The van der Waals surface area contributed by atoms with E-state index in [0.717, 1.165) is 25.1 Å². The fourth-order valence-electron chi connectivity index (χ4n) is 2.79. The SMILES string of the molecule is CN=C(NCC(C)c1cccc(C)c1)NCC(C)N(C)C1CC1.I. The number of halogens is 1. The molecule has 0 bridgehead atoms. The van der Waals surface area contributed by atoms with Crippen molar-refractivity contribution in [2.24, 2.45) is 4.99 Å². The van der Waals surface area contributed by atoms with E-state index < -0.39 is 0 Å². The maximum absolute atomic E-state index is 4.34. The smallest absolute Gasteiger partial charge is 0.191 e. The zero-order chi connectivity index (χ0) is 16.8. The molecule has 0 aromatic heterocycles. The van der Waals surface area contributed by atoms with E-state index in [4.69, 9.17) is 0 Å². The standard InChI is InChI=1S/C19H32N4.HI/c1-14-7-6-8-17(11-14)15(2)12-21-19(20-4)22-13-16(3)23(5)18-9-10-18;/h6-8,11,15-16,18H,9-10,12-13H2,1-5H3,(H2,20,21,22);1H. The van der Waals surface area contributed by atoms with Gasteiger partial charge in [-0.25, -0.2) is 0 Å². The molecule has 2 rings (SSSR count). The highest BCUT2D eigenvalue weighted by Crippen LogP contribution is 2.26. The number of benzene rings is 1. The van der Waals surface area contributed by atoms with Gasteiger partial charge in [-0.1, -0.05) is 36.8 Å². The van der Waals surface area contributed by atoms with Crippen LogP contribution in [0.1, 0.15) is 43.7 Å². The zero-order valence-electron chi connectivity index (χ0n) is 15.7. The normalized spacial score (nSPS) is 17.2. The van der Waals surface area contributed by atoms with E-state index in [-0.39, 0.29) is 24.0 Å². The quantitative estimate of drug-likeness (QED) is 0.385. The van der Waals surface area contributed by atoms with Crippen molar-refractivity contribution in [1.29, 1.82) is 0 Å². The second kappa shape index (κ2) is 10.2. The summed E-state index contributed by atoms with van der Waals surface area (Å²) < 4.78 is 0. The summed E-state index contributed by atoms with van der Waals surface area (Å²) in [5.74, 6) is 1.35. The summed E-state index contributed by atoms with van der Waals surface area (Å²) in [5, 5.41) is 6.89. The largest absolute Gasteiger partial charge is 0.356 e. The molecule has 0 heterocycles. The molecule has 1 aromatic rings. The van der Waals surface area contributed by atoms with Crippen molar-refractivity contribution in [1.82, 2.24) is 15.5 Å². The third-order valence-corrected chi connectivity index (χ3v) is 4.79. The molecule has 0 spiro atoms. The lowest BCUT2D eigenvalue weighted by Gasteiger charge is -2.25. The lowest BCUT2D eigenvalue weighted by molar-refractivity contribution is 0.247. The van der Waals surface area contributed by atoms with Gasteiger partial charge in [0.2, 0.25) is 0 Å². The van der Waals surface area contributed by atoms with Crippen LogP contribution in [0.25, 0.3) is 0 Å². The summed E-state index contributed by atoms with van der Waals surface area (Å²) in [7, 11) is 4.06. The molecular formula is C19H33IN4. The number of likely N-dealkylation sites (N-methyl/N-ethyl adjacent to an activating group) is 1. The second-order valence-corrected chi connectivity index (χ2v) is 6.89. The Balaban J connectivity index is 0.00000288. The summed E-state index contributed by atoms with van der Waals surface area (Å²) in [5.41, 5.74) is 2.68. The van der Waals surface area contributed by atoms with Crippen LogP contribution in [0.15, 0.2) is 29.3 Å². The molecule has 2 unspecified atom stereocenters. The Labute approximate surface area is 164 Å². The Morgan fingerprint density at radius 1 is 1.25 bits per heavy atom. The molecule has 24 heavy (non-hydrogen) atoms. The van der Waals surface area contributed by atoms with Crippen molar-refractivity contribution < 1.29 is 0 Å². The first kappa shape index (κ1) is 21.2. The van der Waals surface area contributed by atoms with E-state index in [1.54, 1.807) is 0 Å². The predicted molar refractivity (Wildman–Crippen MR) is 115 cm³/mol. The fourth-order valence-corrected chi connectivity index (χ4v) is 2.79. The lowest BCUT2D eigenvalue weighted by Crippen LogP contribution is -2.46. The van der Waals surface area contributed by atoms with Crippen LogP contribution in [0.4, 0.5) is 0 Å². The van der Waals surface area contributed by atoms with Crippen molar-refractivity contribution in [3.8, 4) is 0 Å². The Bertz CT molecular complexity index is 528. The summed E-state index contributed by atoms with van der Waals surface area (Å²) in [6, 6.07) is 10.0. The van der Waals surface area contributed by atoms with Gasteiger partial charge in [0.05, 0.1) is 0 Å². The van der Waals surface area contributed by atoms with E-state index in [1.165, 1.54) is 24.0 Å². The number of hydrogen-bond acceptors (Lipinski definition) is 2. The third-order valence-electron chi connectivity index (χ3n) is 4.79. The van der Waals surface area contributed by atoms with Gasteiger partial charge in [0.15, 0.2) is 5.96 Å². The highest BCUT2D eigenvalue weighted by atomic mass is 127. The van der Waals surface area contributed by atoms with Crippen molar-refractivity contribution in [2.45, 2.75) is 51.6 Å². The number of nitrogens with zero attached hydrogens (tertiary/aromatic N) is 2. The van der Waals surface area contributed by atoms with Crippen LogP contribution in [0, 0.1) is 6.92 Å². The van der Waals surface area contributed by atoms with Gasteiger partial charge < -0.3 is 10.6 Å². The van der Waals surface area contributed by atoms with E-state index in [0.29, 0.717) is 12.0 Å². The first-order valence-electron chi connectivity index (χ1n) is 8.74. The average molecular weight is 444 g/mol. The number of aryl methyl sites for hydroxylation is 1. The Morgan fingerprint density at radius 3 is 2.50 bits per heavy atom. The van der Waals surface area contributed by atoms with Gasteiger partial charge >= 0.3 is 0 Å². The van der Waals surface area contributed by atoms with Crippen LogP contribution in [0.3, 0.4) is 0 Å². The van der Waals surface area contributed by atoms with E-state index in [9.17, 15) is 0 Å². The summed E-state index contributed by atoms with van der Waals surface area (Å²) in [6.45, 7) is 8.47. The van der Waals surface area contributed by atoms with Crippen LogP contribution in [-0.4, -0.2) is 50.1 Å². The third kappa shape index (κ3) is 6.59. The maximum atomic E-state index is 4.34. The Kier molecular flexibility index (Phi) is 9.05. The van der Waals surface area contributed by atoms with Gasteiger partial charge in [-0.3, -0.25) is 9.89 Å². The lowest BCUT2D eigenvalue weighted by atomic mass is 9.99. The van der Waals surface area contributed by atoms with Gasteiger partial charge in [0, 0.05) is 32.2 Å². The van der Waals surface area contributed by atoms with Crippen LogP contribution in [-0.2, 0) is 0 Å². The molecule has 0 saturated heterocycles. The van der Waals surface area contributed by atoms with Gasteiger partial charge in [0.1, 0.15) is 0 Å². The predicted octanol–water partition coefficient (Wildman–Crippen LogP) is 3.36. The molecule has 1 fully saturated rings. The topological polar surface area (TPSA) is 39.7 Å². The first-order chi connectivity index (χ1) is 11.0. The molecule has 1 saturated carbocycles. The van der Waals surface area contributed by atoms with Crippen LogP contribution in [0.2, 0.25) is 0 Å². The Hall–Kier alpha value is -0.820. The van der Waals surface area contributed by atoms with Crippen molar-refractivity contribution in [3.05, 3.63) is 35.4 Å². The van der Waals surface area contributed by atoms with Crippen molar-refractivity contribution in [2.75, 3.05) is 27.2 Å². The van der Waals surface area contributed by atoms with Crippen LogP contribution < -0.4 is 10.6 Å². The van der Waals surface area contributed by atoms with Gasteiger partial charge in [-0.15, -0.1) is 24.0 Å². The number of aliphatic imine (C=N–C) groups is 1. The van der Waals surface area contributed by atoms with Gasteiger partial charge in [0.25, 0.3) is 0 Å². The van der Waals surface area contributed by atoms with E-state index in [1.807, 2.05) is 7.05 Å². The minimum Gasteiger partial charge on any atom is -0.356 e. The average Bonchev–Trinajstić information content (AvgIpc) is 3.38. The second-order valence-electron chi connectivity index (χ2n) is 6.89. The fraction of sp³-hybridized carbons (Fsp3) is 0.632. The minimum atomic E-state index is 0. The number of hydrogen-bond donors (Lipinski definition) is 2. The molecule has 0 radical (unpaired) electrons. The first-order valence-corrected chi connectivity index (χ1v) is 8.74. The number of nitrogens with one attached hydrogen (secondary N) is 2. The molecule has 4 nitrogen and oxygen atoms in total. The molecule has 2 atom stereocenters. The minimum absolute atomic E-state index is 0. The summed E-state index contributed by atoms with van der Waals surface area (Å²) >= 11 is 0. The van der Waals surface area contributed by atoms with Crippen LogP contribution >= 0.6 is 24.0 Å². The number of rotatable bonds is 7. The summed E-state index contributed by atoms with van der Waals surface area (Å²) in [6.07, 6.45) is 2.70. The molecule has 1 aromatic carbocycles. The highest BCUT2D eigenvalue weighted by molar-refractivity contribution is 14.0.